The SMILES string of the molecule is Fc1ccc(C2CNc3cccc(Br)c3O2)c(Cl)c1. The minimum absolute atomic E-state index is 0.237. The first-order chi connectivity index (χ1) is 9.15. The highest BCUT2D eigenvalue weighted by molar-refractivity contribution is 9.10. The highest BCUT2D eigenvalue weighted by Crippen LogP contribution is 2.40. The monoisotopic (exact) mass is 341 g/mol. The summed E-state index contributed by atoms with van der Waals surface area (Å²) in [4.78, 5) is 0. The number of anilines is 1. The number of benzene rings is 2. The zero-order chi connectivity index (χ0) is 13.4. The maximum Gasteiger partial charge on any atom is 0.157 e. The van der Waals surface area contributed by atoms with Crippen LogP contribution in [0.5, 0.6) is 5.75 Å². The third-order valence-electron chi connectivity index (χ3n) is 3.01. The summed E-state index contributed by atoms with van der Waals surface area (Å²) < 4.78 is 19.9. The standard InChI is InChI=1S/C14H10BrClFNO/c15-10-2-1-3-12-14(10)19-13(7-18-12)9-5-4-8(17)6-11(9)16/h1-6,13,18H,7H2. The van der Waals surface area contributed by atoms with Gasteiger partial charge in [0, 0.05) is 5.56 Å². The van der Waals surface area contributed by atoms with Crippen LogP contribution in [0.2, 0.25) is 5.02 Å². The smallest absolute Gasteiger partial charge is 0.157 e. The lowest BCUT2D eigenvalue weighted by Crippen LogP contribution is -2.24. The first-order valence-corrected chi connectivity index (χ1v) is 6.96. The van der Waals surface area contributed by atoms with E-state index >= 15 is 0 Å². The summed E-state index contributed by atoms with van der Waals surface area (Å²) in [5.74, 6) is 0.401. The van der Waals surface area contributed by atoms with Gasteiger partial charge in [0.15, 0.2) is 5.75 Å². The molecule has 3 rings (SSSR count). The van der Waals surface area contributed by atoms with Gasteiger partial charge in [0.25, 0.3) is 0 Å². The van der Waals surface area contributed by atoms with Gasteiger partial charge >= 0.3 is 0 Å². The Kier molecular flexibility index (Phi) is 3.37. The summed E-state index contributed by atoms with van der Waals surface area (Å²) in [6.45, 7) is 0.592. The van der Waals surface area contributed by atoms with Crippen LogP contribution in [-0.4, -0.2) is 6.54 Å². The molecule has 2 aromatic carbocycles. The summed E-state index contributed by atoms with van der Waals surface area (Å²) in [6.07, 6.45) is -0.237. The van der Waals surface area contributed by atoms with Crippen LogP contribution in [0.4, 0.5) is 10.1 Å². The molecule has 1 N–H and O–H groups in total. The molecule has 0 bridgehead atoms. The van der Waals surface area contributed by atoms with Crippen LogP contribution in [0.15, 0.2) is 40.9 Å². The van der Waals surface area contributed by atoms with E-state index in [2.05, 4.69) is 21.2 Å². The van der Waals surface area contributed by atoms with Gasteiger partial charge in [-0.3, -0.25) is 0 Å². The molecule has 0 saturated carbocycles. The minimum Gasteiger partial charge on any atom is -0.480 e. The van der Waals surface area contributed by atoms with Crippen molar-refractivity contribution in [3.8, 4) is 5.75 Å². The predicted octanol–water partition coefficient (Wildman–Crippen LogP) is 4.79. The van der Waals surface area contributed by atoms with Crippen molar-refractivity contribution in [2.45, 2.75) is 6.10 Å². The molecule has 19 heavy (non-hydrogen) atoms. The predicted molar refractivity (Wildman–Crippen MR) is 77.4 cm³/mol. The van der Waals surface area contributed by atoms with Crippen LogP contribution in [0.25, 0.3) is 0 Å². The largest absolute Gasteiger partial charge is 0.480 e. The summed E-state index contributed by atoms with van der Waals surface area (Å²) in [5, 5.41) is 3.66. The van der Waals surface area contributed by atoms with E-state index in [1.165, 1.54) is 12.1 Å². The molecule has 0 saturated heterocycles. The van der Waals surface area contributed by atoms with Crippen LogP contribution in [0, 0.1) is 5.82 Å². The summed E-state index contributed by atoms with van der Waals surface area (Å²) in [5.41, 5.74) is 1.71. The molecule has 0 aliphatic carbocycles. The van der Waals surface area contributed by atoms with E-state index in [0.717, 1.165) is 21.5 Å². The molecule has 0 amide bonds. The fourth-order valence-electron chi connectivity index (χ4n) is 2.09. The summed E-state index contributed by atoms with van der Waals surface area (Å²) >= 11 is 9.52. The van der Waals surface area contributed by atoms with Crippen LogP contribution >= 0.6 is 27.5 Å². The van der Waals surface area contributed by atoms with E-state index in [1.54, 1.807) is 6.07 Å². The van der Waals surface area contributed by atoms with Crippen molar-refractivity contribution in [2.24, 2.45) is 0 Å². The van der Waals surface area contributed by atoms with Gasteiger partial charge in [-0.1, -0.05) is 23.7 Å². The van der Waals surface area contributed by atoms with Crippen LogP contribution in [0.3, 0.4) is 0 Å². The number of para-hydroxylation sites is 1. The Balaban J connectivity index is 1.95. The van der Waals surface area contributed by atoms with Gasteiger partial charge < -0.3 is 10.1 Å². The van der Waals surface area contributed by atoms with Crippen molar-refractivity contribution >= 4 is 33.2 Å². The first-order valence-electron chi connectivity index (χ1n) is 5.79. The molecule has 0 fully saturated rings. The van der Waals surface area contributed by atoms with Gasteiger partial charge in [0.05, 0.1) is 21.7 Å². The second kappa shape index (κ2) is 5.02. The molecule has 1 aliphatic heterocycles. The molecule has 1 heterocycles. The van der Waals surface area contributed by atoms with E-state index in [9.17, 15) is 4.39 Å². The van der Waals surface area contributed by atoms with E-state index in [4.69, 9.17) is 16.3 Å². The Bertz CT molecular complexity index is 635. The fourth-order valence-corrected chi connectivity index (χ4v) is 2.84. The number of ether oxygens (including phenoxy) is 1. The fraction of sp³-hybridized carbons (Fsp3) is 0.143. The number of fused-ring (bicyclic) bond motifs is 1. The second-order valence-electron chi connectivity index (χ2n) is 4.27. The lowest BCUT2D eigenvalue weighted by atomic mass is 10.1. The molecule has 1 atom stereocenters. The molecule has 0 radical (unpaired) electrons. The molecule has 0 aromatic heterocycles. The molecule has 0 spiro atoms. The van der Waals surface area contributed by atoms with E-state index < -0.39 is 0 Å². The Morgan fingerprint density at radius 3 is 2.95 bits per heavy atom. The maximum atomic E-state index is 13.1. The molecule has 1 aliphatic rings. The normalized spacial score (nSPS) is 17.3. The highest BCUT2D eigenvalue weighted by atomic mass is 79.9. The van der Waals surface area contributed by atoms with Crippen LogP contribution < -0.4 is 10.1 Å². The van der Waals surface area contributed by atoms with Gasteiger partial charge in [0.1, 0.15) is 11.9 Å². The summed E-state index contributed by atoms with van der Waals surface area (Å²) in [6, 6.07) is 10.1. The van der Waals surface area contributed by atoms with Crippen molar-refractivity contribution in [3.05, 3.63) is 57.3 Å². The molecular formula is C14H10BrClFNO. The average Bonchev–Trinajstić information content (AvgIpc) is 2.39. The number of nitrogens with one attached hydrogen (secondary N) is 1. The van der Waals surface area contributed by atoms with Crippen molar-refractivity contribution in [1.82, 2.24) is 0 Å². The highest BCUT2D eigenvalue weighted by Gasteiger charge is 2.24. The lowest BCUT2D eigenvalue weighted by Gasteiger charge is -2.28. The Morgan fingerprint density at radius 2 is 2.16 bits per heavy atom. The van der Waals surface area contributed by atoms with Gasteiger partial charge in [-0.15, -0.1) is 0 Å². The van der Waals surface area contributed by atoms with Crippen LogP contribution in [0.1, 0.15) is 11.7 Å². The van der Waals surface area contributed by atoms with Gasteiger partial charge in [0.2, 0.25) is 0 Å². The lowest BCUT2D eigenvalue weighted by molar-refractivity contribution is 0.209. The molecule has 1 unspecified atom stereocenters. The third-order valence-corrected chi connectivity index (χ3v) is 3.97. The molecule has 5 heteroatoms. The third kappa shape index (κ3) is 2.42. The number of hydrogen-bond donors (Lipinski definition) is 1. The van der Waals surface area contributed by atoms with Crippen LogP contribution in [-0.2, 0) is 0 Å². The Labute approximate surface area is 123 Å². The minimum atomic E-state index is -0.348. The van der Waals surface area contributed by atoms with Gasteiger partial charge in [-0.25, -0.2) is 4.39 Å². The van der Waals surface area contributed by atoms with E-state index in [1.807, 2.05) is 18.2 Å². The topological polar surface area (TPSA) is 21.3 Å². The number of halogens is 3. The zero-order valence-electron chi connectivity index (χ0n) is 9.79. The first kappa shape index (κ1) is 12.8. The zero-order valence-corrected chi connectivity index (χ0v) is 12.1. The van der Waals surface area contributed by atoms with Gasteiger partial charge in [-0.05, 0) is 40.2 Å². The van der Waals surface area contributed by atoms with Crippen molar-refractivity contribution < 1.29 is 9.13 Å². The second-order valence-corrected chi connectivity index (χ2v) is 5.53. The maximum absolute atomic E-state index is 13.1. The Hall–Kier alpha value is -1.26. The van der Waals surface area contributed by atoms with Crippen molar-refractivity contribution in [1.29, 1.82) is 0 Å². The number of rotatable bonds is 1. The van der Waals surface area contributed by atoms with E-state index in [-0.39, 0.29) is 11.9 Å². The number of hydrogen-bond acceptors (Lipinski definition) is 2. The van der Waals surface area contributed by atoms with Crippen molar-refractivity contribution in [3.63, 3.8) is 0 Å². The molecule has 2 nitrogen and oxygen atoms in total. The van der Waals surface area contributed by atoms with Crippen molar-refractivity contribution in [2.75, 3.05) is 11.9 Å². The Morgan fingerprint density at radius 1 is 1.32 bits per heavy atom. The quantitative estimate of drug-likeness (QED) is 0.805. The molecular weight excluding hydrogens is 333 g/mol. The summed E-state index contributed by atoms with van der Waals surface area (Å²) in [7, 11) is 0. The molecule has 2 aromatic rings. The average molecular weight is 343 g/mol. The molecule has 98 valence electrons. The van der Waals surface area contributed by atoms with E-state index in [0.29, 0.717) is 11.6 Å². The van der Waals surface area contributed by atoms with Gasteiger partial charge in [-0.2, -0.15) is 0 Å².